The minimum absolute atomic E-state index is 0.0262. The minimum Gasteiger partial charge on any atom is -0.455 e. The molecule has 116 valence electrons. The molecule has 0 radical (unpaired) electrons. The molecule has 0 unspecified atom stereocenters. The summed E-state index contributed by atoms with van der Waals surface area (Å²) in [6.07, 6.45) is 2.15. The maximum absolute atomic E-state index is 12.8. The Morgan fingerprint density at radius 3 is 2.65 bits per heavy atom. The molecule has 0 spiro atoms. The average Bonchev–Trinajstić information content (AvgIpc) is 2.44. The number of nitrogens with one attached hydrogen (secondary N) is 1. The van der Waals surface area contributed by atoms with Crippen LogP contribution in [0, 0.1) is 0 Å². The normalized spacial score (nSPS) is 16.0. The summed E-state index contributed by atoms with van der Waals surface area (Å²) in [5, 5.41) is 4.62. The summed E-state index contributed by atoms with van der Waals surface area (Å²) in [6, 6.07) is 8.93. The fraction of sp³-hybridized carbons (Fsp3) is 0.211. The van der Waals surface area contributed by atoms with Crippen molar-refractivity contribution in [2.75, 3.05) is 11.1 Å². The predicted octanol–water partition coefficient (Wildman–Crippen LogP) is 4.14. The van der Waals surface area contributed by atoms with Crippen molar-refractivity contribution < 1.29 is 4.42 Å². The van der Waals surface area contributed by atoms with Crippen LogP contribution in [0.4, 0.5) is 11.4 Å². The second-order valence-corrected chi connectivity index (χ2v) is 6.73. The Morgan fingerprint density at radius 1 is 1.13 bits per heavy atom. The van der Waals surface area contributed by atoms with E-state index >= 15 is 0 Å². The molecule has 4 heteroatoms. The summed E-state index contributed by atoms with van der Waals surface area (Å²) in [5.41, 5.74) is 10.4. The fourth-order valence-corrected chi connectivity index (χ4v) is 3.43. The van der Waals surface area contributed by atoms with E-state index in [1.54, 1.807) is 18.2 Å². The van der Waals surface area contributed by atoms with Crippen molar-refractivity contribution in [1.82, 2.24) is 0 Å². The van der Waals surface area contributed by atoms with Crippen LogP contribution in [0.25, 0.3) is 27.5 Å². The molecule has 1 aromatic heterocycles. The van der Waals surface area contributed by atoms with Crippen LogP contribution in [-0.2, 0) is 0 Å². The highest BCUT2D eigenvalue weighted by molar-refractivity contribution is 6.00. The molecular weight excluding hydrogens is 288 g/mol. The SMILES string of the molecule is CC1=CC(C)(C)Nc2ccc3c(=O)c4ccc(N)cc4oc3c21. The standard InChI is InChI=1S/C19H18N2O2/c1-10-9-19(2,3)21-14-7-6-13-17(22)12-5-4-11(20)8-15(12)23-18(13)16(10)14/h4-9,21H,20H2,1-3H3. The molecule has 3 N–H and O–H groups in total. The van der Waals surface area contributed by atoms with Crippen LogP contribution in [0.5, 0.6) is 0 Å². The maximum Gasteiger partial charge on any atom is 0.200 e. The quantitative estimate of drug-likeness (QED) is 0.484. The van der Waals surface area contributed by atoms with Crippen LogP contribution in [0.2, 0.25) is 0 Å². The van der Waals surface area contributed by atoms with Gasteiger partial charge in [-0.15, -0.1) is 0 Å². The first kappa shape index (κ1) is 13.9. The van der Waals surface area contributed by atoms with Crippen molar-refractivity contribution in [2.24, 2.45) is 0 Å². The summed E-state index contributed by atoms with van der Waals surface area (Å²) in [4.78, 5) is 12.8. The van der Waals surface area contributed by atoms with Gasteiger partial charge in [-0.2, -0.15) is 0 Å². The Hall–Kier alpha value is -2.75. The van der Waals surface area contributed by atoms with Gasteiger partial charge in [-0.1, -0.05) is 6.08 Å². The molecule has 0 aliphatic carbocycles. The lowest BCUT2D eigenvalue weighted by molar-refractivity contribution is 0.656. The molecule has 1 aliphatic heterocycles. The van der Waals surface area contributed by atoms with E-state index in [1.807, 2.05) is 19.1 Å². The second-order valence-electron chi connectivity index (χ2n) is 6.73. The van der Waals surface area contributed by atoms with E-state index < -0.39 is 0 Å². The Morgan fingerprint density at radius 2 is 1.87 bits per heavy atom. The zero-order valence-electron chi connectivity index (χ0n) is 13.4. The zero-order valence-corrected chi connectivity index (χ0v) is 13.4. The van der Waals surface area contributed by atoms with E-state index in [1.165, 1.54) is 0 Å². The van der Waals surface area contributed by atoms with Crippen molar-refractivity contribution in [3.8, 4) is 0 Å². The molecule has 2 aromatic carbocycles. The van der Waals surface area contributed by atoms with Crippen LogP contribution in [0.3, 0.4) is 0 Å². The average molecular weight is 306 g/mol. The largest absolute Gasteiger partial charge is 0.455 e. The van der Waals surface area contributed by atoms with Crippen LogP contribution in [0.1, 0.15) is 26.3 Å². The molecule has 0 amide bonds. The molecule has 4 nitrogen and oxygen atoms in total. The molecule has 1 aliphatic rings. The molecule has 4 rings (SSSR count). The van der Waals surface area contributed by atoms with Crippen LogP contribution >= 0.6 is 0 Å². The van der Waals surface area contributed by atoms with E-state index in [0.717, 1.165) is 16.8 Å². The highest BCUT2D eigenvalue weighted by Gasteiger charge is 2.25. The van der Waals surface area contributed by atoms with Gasteiger partial charge in [-0.3, -0.25) is 4.79 Å². The molecule has 0 fully saturated rings. The number of nitrogens with two attached hydrogens (primary N) is 1. The lowest BCUT2D eigenvalue weighted by atomic mass is 9.90. The Labute approximate surface area is 133 Å². The third-order valence-corrected chi connectivity index (χ3v) is 4.29. The van der Waals surface area contributed by atoms with Gasteiger partial charge >= 0.3 is 0 Å². The molecule has 23 heavy (non-hydrogen) atoms. The Kier molecular flexibility index (Phi) is 2.64. The van der Waals surface area contributed by atoms with Gasteiger partial charge in [0, 0.05) is 23.0 Å². The first-order valence-electron chi connectivity index (χ1n) is 7.63. The third-order valence-electron chi connectivity index (χ3n) is 4.29. The van der Waals surface area contributed by atoms with Crippen LogP contribution < -0.4 is 16.5 Å². The lowest BCUT2D eigenvalue weighted by Crippen LogP contribution is -2.31. The van der Waals surface area contributed by atoms with Gasteiger partial charge in [0.15, 0.2) is 0 Å². The van der Waals surface area contributed by atoms with E-state index in [2.05, 4.69) is 25.2 Å². The predicted molar refractivity (Wildman–Crippen MR) is 95.8 cm³/mol. The van der Waals surface area contributed by atoms with E-state index in [-0.39, 0.29) is 11.0 Å². The summed E-state index contributed by atoms with van der Waals surface area (Å²) in [6.45, 7) is 6.27. The highest BCUT2D eigenvalue weighted by atomic mass is 16.3. The molecule has 3 aromatic rings. The summed E-state index contributed by atoms with van der Waals surface area (Å²) >= 11 is 0. The van der Waals surface area contributed by atoms with Crippen molar-refractivity contribution in [2.45, 2.75) is 26.3 Å². The summed E-state index contributed by atoms with van der Waals surface area (Å²) < 4.78 is 6.08. The van der Waals surface area contributed by atoms with Gasteiger partial charge in [0.1, 0.15) is 11.2 Å². The third kappa shape index (κ3) is 2.02. The maximum atomic E-state index is 12.8. The zero-order chi connectivity index (χ0) is 16.4. The van der Waals surface area contributed by atoms with Gasteiger partial charge < -0.3 is 15.5 Å². The van der Waals surface area contributed by atoms with E-state index in [9.17, 15) is 4.79 Å². The Balaban J connectivity index is 2.16. The van der Waals surface area contributed by atoms with E-state index in [4.69, 9.17) is 10.2 Å². The van der Waals surface area contributed by atoms with Crippen molar-refractivity contribution in [1.29, 1.82) is 0 Å². The minimum atomic E-state index is -0.133. The highest BCUT2D eigenvalue weighted by Crippen LogP contribution is 2.38. The first-order valence-corrected chi connectivity index (χ1v) is 7.63. The fourth-order valence-electron chi connectivity index (χ4n) is 3.43. The van der Waals surface area contributed by atoms with Gasteiger partial charge in [-0.05, 0) is 50.6 Å². The lowest BCUT2D eigenvalue weighted by Gasteiger charge is -2.31. The molecule has 0 saturated carbocycles. The topological polar surface area (TPSA) is 68.3 Å². The van der Waals surface area contributed by atoms with Crippen molar-refractivity contribution >= 4 is 38.9 Å². The van der Waals surface area contributed by atoms with Gasteiger partial charge in [-0.25, -0.2) is 0 Å². The molecule has 0 saturated heterocycles. The number of fused-ring (bicyclic) bond motifs is 4. The molecule has 2 heterocycles. The number of hydrogen-bond donors (Lipinski definition) is 2. The monoisotopic (exact) mass is 306 g/mol. The first-order chi connectivity index (χ1) is 10.9. The number of anilines is 2. The van der Waals surface area contributed by atoms with Crippen molar-refractivity contribution in [3.63, 3.8) is 0 Å². The summed E-state index contributed by atoms with van der Waals surface area (Å²) in [7, 11) is 0. The summed E-state index contributed by atoms with van der Waals surface area (Å²) in [5.74, 6) is 0. The number of hydrogen-bond acceptors (Lipinski definition) is 4. The van der Waals surface area contributed by atoms with Gasteiger partial charge in [0.25, 0.3) is 0 Å². The van der Waals surface area contributed by atoms with Gasteiger partial charge in [0.05, 0.1) is 16.3 Å². The van der Waals surface area contributed by atoms with Crippen LogP contribution in [-0.4, -0.2) is 5.54 Å². The smallest absolute Gasteiger partial charge is 0.200 e. The number of nitrogen functional groups attached to an aromatic ring is 1. The van der Waals surface area contributed by atoms with E-state index in [0.29, 0.717) is 27.6 Å². The molecular formula is C19H18N2O2. The van der Waals surface area contributed by atoms with Crippen molar-refractivity contribution in [3.05, 3.63) is 52.2 Å². The number of rotatable bonds is 0. The number of benzene rings is 2. The molecule has 0 bridgehead atoms. The van der Waals surface area contributed by atoms with Crippen LogP contribution in [0.15, 0.2) is 45.6 Å². The molecule has 0 atom stereocenters. The Bertz CT molecular complexity index is 1060. The van der Waals surface area contributed by atoms with Gasteiger partial charge in [0.2, 0.25) is 5.43 Å². The number of allylic oxidation sites excluding steroid dienone is 1. The second kappa shape index (κ2) is 4.38.